The van der Waals surface area contributed by atoms with Crippen LogP contribution in [0.1, 0.15) is 42.5 Å². The number of aromatic nitrogens is 1. The zero-order chi connectivity index (χ0) is 16.2. The molecule has 0 radical (unpaired) electrons. The van der Waals surface area contributed by atoms with Crippen molar-refractivity contribution in [1.82, 2.24) is 10.3 Å². The average Bonchev–Trinajstić information content (AvgIpc) is 2.59. The molecule has 24 heavy (non-hydrogen) atoms. The molecule has 130 valence electrons. The molecule has 1 heterocycles. The Morgan fingerprint density at radius 2 is 1.96 bits per heavy atom. The fourth-order valence-corrected chi connectivity index (χ4v) is 3.54. The molecule has 1 saturated carbocycles. The maximum absolute atomic E-state index is 12.7. The second-order valence-corrected chi connectivity index (χ2v) is 6.31. The number of fused-ring (bicyclic) bond motifs is 1. The number of pyridine rings is 1. The maximum atomic E-state index is 12.7. The highest BCUT2D eigenvalue weighted by molar-refractivity contribution is 6.06. The molecule has 1 fully saturated rings. The summed E-state index contributed by atoms with van der Waals surface area (Å²) >= 11 is 0. The Kier molecular flexibility index (Phi) is 6.40. The molecule has 1 amide bonds. The summed E-state index contributed by atoms with van der Waals surface area (Å²) in [5.74, 6) is 0.222. The van der Waals surface area contributed by atoms with E-state index in [4.69, 9.17) is 5.73 Å². The number of hydrogen-bond donors (Lipinski definition) is 3. The fourth-order valence-electron chi connectivity index (χ4n) is 3.54. The Labute approximate surface area is 147 Å². The van der Waals surface area contributed by atoms with E-state index in [0.717, 1.165) is 18.2 Å². The van der Waals surface area contributed by atoms with Crippen molar-refractivity contribution in [3.05, 3.63) is 46.2 Å². The van der Waals surface area contributed by atoms with Gasteiger partial charge in [-0.3, -0.25) is 9.59 Å². The van der Waals surface area contributed by atoms with Crippen LogP contribution in [0.5, 0.6) is 0 Å². The molecule has 1 aliphatic carbocycles. The van der Waals surface area contributed by atoms with Crippen LogP contribution in [0.25, 0.3) is 10.9 Å². The lowest BCUT2D eigenvalue weighted by Crippen LogP contribution is -2.46. The SMILES string of the molecule is Cl.NCC(NC(=O)c1cc(=O)[nH]c2ccccc12)C1CCCCC1. The number of amides is 1. The van der Waals surface area contributed by atoms with E-state index in [0.29, 0.717) is 23.5 Å². The van der Waals surface area contributed by atoms with Crippen molar-refractivity contribution in [3.8, 4) is 0 Å². The van der Waals surface area contributed by atoms with Gasteiger partial charge in [0.25, 0.3) is 5.91 Å². The summed E-state index contributed by atoms with van der Waals surface area (Å²) < 4.78 is 0. The third-order valence-electron chi connectivity index (χ3n) is 4.78. The number of aromatic amines is 1. The number of rotatable bonds is 4. The van der Waals surface area contributed by atoms with Crippen molar-refractivity contribution in [2.75, 3.05) is 6.54 Å². The summed E-state index contributed by atoms with van der Waals surface area (Å²) in [6.07, 6.45) is 5.88. The molecule has 3 rings (SSSR count). The number of para-hydroxylation sites is 1. The third-order valence-corrected chi connectivity index (χ3v) is 4.78. The van der Waals surface area contributed by atoms with Gasteiger partial charge in [-0.05, 0) is 24.8 Å². The van der Waals surface area contributed by atoms with Gasteiger partial charge in [-0.1, -0.05) is 37.5 Å². The number of carbonyl (C=O) groups is 1. The van der Waals surface area contributed by atoms with E-state index in [2.05, 4.69) is 10.3 Å². The molecule has 0 saturated heterocycles. The molecule has 4 N–H and O–H groups in total. The number of hydrogen-bond acceptors (Lipinski definition) is 3. The van der Waals surface area contributed by atoms with Crippen LogP contribution in [-0.4, -0.2) is 23.5 Å². The van der Waals surface area contributed by atoms with Crippen LogP contribution in [0.15, 0.2) is 35.1 Å². The lowest BCUT2D eigenvalue weighted by molar-refractivity contribution is 0.0917. The molecule has 1 unspecified atom stereocenters. The molecule has 0 aliphatic heterocycles. The molecule has 0 bridgehead atoms. The van der Waals surface area contributed by atoms with Crippen molar-refractivity contribution in [2.24, 2.45) is 11.7 Å². The Hall–Kier alpha value is -1.85. The number of nitrogens with two attached hydrogens (primary N) is 1. The predicted molar refractivity (Wildman–Crippen MR) is 98.7 cm³/mol. The lowest BCUT2D eigenvalue weighted by atomic mass is 9.84. The Bertz CT molecular complexity index is 753. The number of halogens is 1. The highest BCUT2D eigenvalue weighted by atomic mass is 35.5. The quantitative estimate of drug-likeness (QED) is 0.792. The zero-order valence-electron chi connectivity index (χ0n) is 13.6. The fraction of sp³-hybridized carbons (Fsp3) is 0.444. The number of nitrogens with one attached hydrogen (secondary N) is 2. The molecule has 2 aromatic rings. The average molecular weight is 350 g/mol. The van der Waals surface area contributed by atoms with E-state index in [1.54, 1.807) is 6.07 Å². The Morgan fingerprint density at radius 1 is 1.25 bits per heavy atom. The van der Waals surface area contributed by atoms with Crippen LogP contribution < -0.4 is 16.6 Å². The van der Waals surface area contributed by atoms with Gasteiger partial charge in [-0.15, -0.1) is 12.4 Å². The first-order valence-corrected chi connectivity index (χ1v) is 8.32. The normalized spacial score (nSPS) is 16.4. The van der Waals surface area contributed by atoms with Gasteiger partial charge in [-0.2, -0.15) is 0 Å². The molecule has 0 spiro atoms. The first-order chi connectivity index (χ1) is 11.2. The van der Waals surface area contributed by atoms with E-state index in [1.807, 2.05) is 18.2 Å². The Balaban J connectivity index is 0.00000208. The maximum Gasteiger partial charge on any atom is 0.252 e. The second-order valence-electron chi connectivity index (χ2n) is 6.31. The van der Waals surface area contributed by atoms with E-state index in [9.17, 15) is 9.59 Å². The van der Waals surface area contributed by atoms with Gasteiger partial charge in [-0.25, -0.2) is 0 Å². The highest BCUT2D eigenvalue weighted by Crippen LogP contribution is 2.26. The highest BCUT2D eigenvalue weighted by Gasteiger charge is 2.25. The minimum Gasteiger partial charge on any atom is -0.348 e. The monoisotopic (exact) mass is 349 g/mol. The van der Waals surface area contributed by atoms with Gasteiger partial charge in [0.05, 0.1) is 5.56 Å². The van der Waals surface area contributed by atoms with Crippen molar-refractivity contribution in [1.29, 1.82) is 0 Å². The summed E-state index contributed by atoms with van der Waals surface area (Å²) in [5.41, 5.74) is 6.71. The van der Waals surface area contributed by atoms with Gasteiger partial charge in [0.15, 0.2) is 0 Å². The van der Waals surface area contributed by atoms with Crippen LogP contribution >= 0.6 is 12.4 Å². The number of benzene rings is 1. The van der Waals surface area contributed by atoms with Gasteiger partial charge in [0.2, 0.25) is 5.56 Å². The topological polar surface area (TPSA) is 88.0 Å². The van der Waals surface area contributed by atoms with Crippen LogP contribution in [0.2, 0.25) is 0 Å². The van der Waals surface area contributed by atoms with Gasteiger partial charge < -0.3 is 16.0 Å². The largest absolute Gasteiger partial charge is 0.348 e. The van der Waals surface area contributed by atoms with E-state index < -0.39 is 0 Å². The standard InChI is InChI=1S/C18H23N3O2.ClH/c19-11-16(12-6-2-1-3-7-12)21-18(23)14-10-17(22)20-15-9-5-4-8-13(14)15;/h4-5,8-10,12,16H,1-3,6-7,11,19H2,(H,20,22)(H,21,23);1H. The summed E-state index contributed by atoms with van der Waals surface area (Å²) in [6.45, 7) is 0.428. The molecule has 1 atom stereocenters. The van der Waals surface area contributed by atoms with Crippen molar-refractivity contribution in [2.45, 2.75) is 38.1 Å². The summed E-state index contributed by atoms with van der Waals surface area (Å²) in [4.78, 5) is 27.3. The minimum atomic E-state index is -0.268. The van der Waals surface area contributed by atoms with Crippen molar-refractivity contribution < 1.29 is 4.79 Å². The zero-order valence-corrected chi connectivity index (χ0v) is 14.4. The smallest absolute Gasteiger partial charge is 0.252 e. The van der Waals surface area contributed by atoms with E-state index >= 15 is 0 Å². The summed E-state index contributed by atoms with van der Waals surface area (Å²) in [5, 5.41) is 3.81. The molecular weight excluding hydrogens is 326 g/mol. The second kappa shape index (κ2) is 8.31. The van der Waals surface area contributed by atoms with Crippen LogP contribution in [-0.2, 0) is 0 Å². The van der Waals surface area contributed by atoms with Gasteiger partial charge in [0.1, 0.15) is 0 Å². The van der Waals surface area contributed by atoms with Crippen molar-refractivity contribution >= 4 is 29.2 Å². The summed E-state index contributed by atoms with van der Waals surface area (Å²) in [6, 6.07) is 8.68. The molecule has 5 nitrogen and oxygen atoms in total. The predicted octanol–water partition coefficient (Wildman–Crippen LogP) is 2.59. The summed E-state index contributed by atoms with van der Waals surface area (Å²) in [7, 11) is 0. The molecule has 1 aromatic carbocycles. The van der Waals surface area contributed by atoms with Crippen LogP contribution in [0.4, 0.5) is 0 Å². The van der Waals surface area contributed by atoms with Gasteiger partial charge in [0, 0.05) is 29.6 Å². The molecule has 6 heteroatoms. The molecular formula is C18H24ClN3O2. The third kappa shape index (κ3) is 3.97. The van der Waals surface area contributed by atoms with E-state index in [-0.39, 0.29) is 29.9 Å². The van der Waals surface area contributed by atoms with Gasteiger partial charge >= 0.3 is 0 Å². The number of carbonyl (C=O) groups excluding carboxylic acids is 1. The van der Waals surface area contributed by atoms with E-state index in [1.165, 1.54) is 25.3 Å². The number of H-pyrrole nitrogens is 1. The molecule has 1 aliphatic rings. The van der Waals surface area contributed by atoms with Crippen LogP contribution in [0.3, 0.4) is 0 Å². The Morgan fingerprint density at radius 3 is 2.67 bits per heavy atom. The first-order valence-electron chi connectivity index (χ1n) is 8.32. The minimum absolute atomic E-state index is 0. The van der Waals surface area contributed by atoms with Crippen molar-refractivity contribution in [3.63, 3.8) is 0 Å². The lowest BCUT2D eigenvalue weighted by Gasteiger charge is -2.30. The molecule has 1 aromatic heterocycles. The van der Waals surface area contributed by atoms with Crippen LogP contribution in [0, 0.1) is 5.92 Å². The first kappa shape index (κ1) is 18.5.